The Kier molecular flexibility index (Phi) is 15.2. The van der Waals surface area contributed by atoms with Crippen molar-refractivity contribution in [2.24, 2.45) is 0 Å². The molecule has 2 nitrogen and oxygen atoms in total. The molecule has 0 unspecified atom stereocenters. The highest BCUT2D eigenvalue weighted by Crippen LogP contribution is 2.06. The van der Waals surface area contributed by atoms with Gasteiger partial charge in [-0.3, -0.25) is 4.79 Å². The van der Waals surface area contributed by atoms with Crippen molar-refractivity contribution >= 4 is 5.97 Å². The van der Waals surface area contributed by atoms with Crippen LogP contribution in [-0.4, -0.2) is 11.1 Å². The second kappa shape index (κ2) is 16.0. The number of aliphatic carboxylic acids is 1. The molecule has 0 aromatic heterocycles. The molecule has 116 valence electrons. The lowest BCUT2D eigenvalue weighted by molar-refractivity contribution is -0.137. The molecule has 0 saturated carbocycles. The van der Waals surface area contributed by atoms with Gasteiger partial charge in [0.1, 0.15) is 0 Å². The lowest BCUT2D eigenvalue weighted by Gasteiger charge is -1.95. The van der Waals surface area contributed by atoms with Crippen LogP contribution in [0.1, 0.15) is 84.0 Å². The van der Waals surface area contributed by atoms with E-state index in [-0.39, 0.29) is 6.42 Å². The van der Waals surface area contributed by atoms with Gasteiger partial charge in [0.15, 0.2) is 0 Å². The summed E-state index contributed by atoms with van der Waals surface area (Å²) in [5.74, 6) is -0.695. The van der Waals surface area contributed by atoms with Gasteiger partial charge >= 0.3 is 5.97 Å². The van der Waals surface area contributed by atoms with Crippen molar-refractivity contribution in [1.29, 1.82) is 0 Å². The quantitative estimate of drug-likeness (QED) is 0.318. The van der Waals surface area contributed by atoms with Crippen molar-refractivity contribution in [2.45, 2.75) is 84.0 Å². The third kappa shape index (κ3) is 16.9. The molecule has 0 amide bonds. The fourth-order valence-electron chi connectivity index (χ4n) is 2.06. The Morgan fingerprint density at radius 2 is 1.20 bits per heavy atom. The van der Waals surface area contributed by atoms with Gasteiger partial charge in [-0.25, -0.2) is 0 Å². The summed E-state index contributed by atoms with van der Waals surface area (Å²) in [6, 6.07) is 0. The topological polar surface area (TPSA) is 37.3 Å². The summed E-state index contributed by atoms with van der Waals surface area (Å²) in [5.41, 5.74) is 0. The fraction of sp³-hybridized carbons (Fsp3) is 0.722. The first-order chi connectivity index (χ1) is 9.77. The van der Waals surface area contributed by atoms with E-state index in [1.807, 2.05) is 0 Å². The van der Waals surface area contributed by atoms with Crippen molar-refractivity contribution in [1.82, 2.24) is 0 Å². The number of carboxylic acid groups (broad SMARTS) is 1. The van der Waals surface area contributed by atoms with E-state index in [4.69, 9.17) is 5.11 Å². The lowest BCUT2D eigenvalue weighted by Crippen LogP contribution is -1.92. The smallest absolute Gasteiger partial charge is 0.303 e. The first-order valence-electron chi connectivity index (χ1n) is 8.29. The van der Waals surface area contributed by atoms with Crippen molar-refractivity contribution in [3.63, 3.8) is 0 Å². The summed E-state index contributed by atoms with van der Waals surface area (Å²) in [4.78, 5) is 10.3. The summed E-state index contributed by atoms with van der Waals surface area (Å²) < 4.78 is 0. The zero-order valence-corrected chi connectivity index (χ0v) is 13.2. The number of allylic oxidation sites excluding steroid dienone is 4. The predicted molar refractivity (Wildman–Crippen MR) is 87.0 cm³/mol. The molecule has 0 heterocycles. The van der Waals surface area contributed by atoms with Crippen LogP contribution >= 0.6 is 0 Å². The maximum Gasteiger partial charge on any atom is 0.303 e. The van der Waals surface area contributed by atoms with Gasteiger partial charge in [-0.05, 0) is 51.4 Å². The molecule has 0 rings (SSSR count). The highest BCUT2D eigenvalue weighted by atomic mass is 16.4. The molecule has 20 heavy (non-hydrogen) atoms. The monoisotopic (exact) mass is 280 g/mol. The van der Waals surface area contributed by atoms with Crippen LogP contribution < -0.4 is 0 Å². The van der Waals surface area contributed by atoms with E-state index in [1.165, 1.54) is 51.4 Å². The van der Waals surface area contributed by atoms with E-state index >= 15 is 0 Å². The molecular formula is C18H32O2. The number of hydrogen-bond acceptors (Lipinski definition) is 1. The minimum Gasteiger partial charge on any atom is -0.481 e. The van der Waals surface area contributed by atoms with Gasteiger partial charge in [0.25, 0.3) is 0 Å². The summed E-state index contributed by atoms with van der Waals surface area (Å²) in [6.45, 7) is 2.25. The predicted octanol–water partition coefficient (Wildman–Crippen LogP) is 5.88. The Morgan fingerprint density at radius 1 is 0.750 bits per heavy atom. The minimum atomic E-state index is -0.695. The van der Waals surface area contributed by atoms with Gasteiger partial charge < -0.3 is 5.11 Å². The zero-order chi connectivity index (χ0) is 14.9. The fourth-order valence-corrected chi connectivity index (χ4v) is 2.06. The van der Waals surface area contributed by atoms with Gasteiger partial charge in [-0.1, -0.05) is 50.5 Å². The lowest BCUT2D eigenvalue weighted by atomic mass is 10.1. The van der Waals surface area contributed by atoms with Crippen molar-refractivity contribution in [3.05, 3.63) is 24.3 Å². The van der Waals surface area contributed by atoms with Crippen LogP contribution in [0.3, 0.4) is 0 Å². The van der Waals surface area contributed by atoms with E-state index in [0.29, 0.717) is 0 Å². The highest BCUT2D eigenvalue weighted by Gasteiger charge is 1.93. The molecule has 1 N–H and O–H groups in total. The Balaban J connectivity index is 3.17. The normalized spacial score (nSPS) is 11.7. The Morgan fingerprint density at radius 3 is 1.65 bits per heavy atom. The first kappa shape index (κ1) is 18.9. The molecule has 0 aliphatic carbocycles. The van der Waals surface area contributed by atoms with E-state index in [0.717, 1.165) is 19.3 Å². The molecule has 2 heteroatoms. The number of hydrogen-bond donors (Lipinski definition) is 1. The molecule has 0 aliphatic rings. The number of unbranched alkanes of at least 4 members (excludes halogenated alkanes) is 8. The summed E-state index contributed by atoms with van der Waals surface area (Å²) >= 11 is 0. The number of rotatable bonds is 14. The molecular weight excluding hydrogens is 248 g/mol. The highest BCUT2D eigenvalue weighted by molar-refractivity contribution is 5.66. The zero-order valence-electron chi connectivity index (χ0n) is 13.2. The third-order valence-electron chi connectivity index (χ3n) is 3.31. The van der Waals surface area contributed by atoms with Crippen molar-refractivity contribution in [3.8, 4) is 0 Å². The summed E-state index contributed by atoms with van der Waals surface area (Å²) in [5, 5.41) is 8.49. The largest absolute Gasteiger partial charge is 0.481 e. The maximum absolute atomic E-state index is 10.3. The second-order valence-corrected chi connectivity index (χ2v) is 5.36. The summed E-state index contributed by atoms with van der Waals surface area (Å²) in [6.07, 6.45) is 22.3. The summed E-state index contributed by atoms with van der Waals surface area (Å²) in [7, 11) is 0. The molecule has 0 aliphatic heterocycles. The Bertz CT molecular complexity index is 267. The SMILES string of the molecule is CCCCCC/C=C/CCCC/C=C/CCCC(=O)O. The van der Waals surface area contributed by atoms with Gasteiger partial charge in [-0.2, -0.15) is 0 Å². The van der Waals surface area contributed by atoms with Gasteiger partial charge in [0.2, 0.25) is 0 Å². The molecule has 0 radical (unpaired) electrons. The average molecular weight is 280 g/mol. The van der Waals surface area contributed by atoms with E-state index in [9.17, 15) is 4.79 Å². The van der Waals surface area contributed by atoms with Crippen molar-refractivity contribution < 1.29 is 9.90 Å². The van der Waals surface area contributed by atoms with Crippen molar-refractivity contribution in [2.75, 3.05) is 0 Å². The number of carbonyl (C=O) groups is 1. The molecule has 0 atom stereocenters. The first-order valence-corrected chi connectivity index (χ1v) is 8.29. The van der Waals surface area contributed by atoms with Crippen LogP contribution in [-0.2, 0) is 4.79 Å². The molecule has 0 fully saturated rings. The van der Waals surface area contributed by atoms with Crippen LogP contribution in [0.25, 0.3) is 0 Å². The van der Waals surface area contributed by atoms with E-state index in [1.54, 1.807) is 0 Å². The molecule has 0 saturated heterocycles. The van der Waals surface area contributed by atoms with E-state index in [2.05, 4.69) is 31.2 Å². The molecule has 0 spiro atoms. The average Bonchev–Trinajstić information content (AvgIpc) is 2.43. The van der Waals surface area contributed by atoms with Crippen LogP contribution in [0.4, 0.5) is 0 Å². The van der Waals surface area contributed by atoms with Crippen LogP contribution in [0.5, 0.6) is 0 Å². The van der Waals surface area contributed by atoms with Crippen LogP contribution in [0.15, 0.2) is 24.3 Å². The van der Waals surface area contributed by atoms with Gasteiger partial charge in [0, 0.05) is 6.42 Å². The number of carboxylic acids is 1. The maximum atomic E-state index is 10.3. The van der Waals surface area contributed by atoms with Gasteiger partial charge in [-0.15, -0.1) is 0 Å². The van der Waals surface area contributed by atoms with E-state index < -0.39 is 5.97 Å². The van der Waals surface area contributed by atoms with Crippen LogP contribution in [0.2, 0.25) is 0 Å². The third-order valence-corrected chi connectivity index (χ3v) is 3.31. The van der Waals surface area contributed by atoms with Crippen LogP contribution in [0, 0.1) is 0 Å². The standard InChI is InChI=1S/C18H32O2/c1-2-3-4-5-6-7-8-9-10-11-12-13-14-15-16-17-18(19)20/h7-8,13-14H,2-6,9-12,15-17H2,1H3,(H,19,20)/b8-7+,14-13+. The Labute approximate surface area is 125 Å². The Hall–Kier alpha value is -1.05. The second-order valence-electron chi connectivity index (χ2n) is 5.36. The minimum absolute atomic E-state index is 0.285. The molecule has 0 bridgehead atoms. The van der Waals surface area contributed by atoms with Gasteiger partial charge in [0.05, 0.1) is 0 Å². The molecule has 0 aromatic carbocycles. The molecule has 0 aromatic rings.